The van der Waals surface area contributed by atoms with Crippen LogP contribution in [0.2, 0.25) is 0 Å². The molecule has 5 nitrogen and oxygen atoms in total. The Labute approximate surface area is 131 Å². The topological polar surface area (TPSA) is 66.5 Å². The molecule has 0 aromatic heterocycles. The summed E-state index contributed by atoms with van der Waals surface area (Å²) in [5, 5.41) is 2.71. The molecule has 0 bridgehead atoms. The Morgan fingerprint density at radius 2 is 1.91 bits per heavy atom. The van der Waals surface area contributed by atoms with Gasteiger partial charge in [-0.2, -0.15) is 4.31 Å². The molecule has 1 aromatic rings. The first-order valence-electron chi connectivity index (χ1n) is 7.04. The van der Waals surface area contributed by atoms with Crippen molar-refractivity contribution >= 4 is 15.9 Å². The summed E-state index contributed by atoms with van der Waals surface area (Å²) in [6.07, 6.45) is 0. The molecule has 1 aromatic carbocycles. The largest absolute Gasteiger partial charge is 0.350 e. The van der Waals surface area contributed by atoms with Crippen LogP contribution < -0.4 is 5.32 Å². The lowest BCUT2D eigenvalue weighted by Crippen LogP contribution is -2.47. The number of carbonyl (C=O) groups excluding carboxylic acids is 1. The van der Waals surface area contributed by atoms with Crippen LogP contribution in [0.3, 0.4) is 0 Å². The number of hydrogen-bond acceptors (Lipinski definition) is 3. The van der Waals surface area contributed by atoms with Crippen LogP contribution >= 0.6 is 0 Å². The second-order valence-electron chi connectivity index (χ2n) is 6.14. The van der Waals surface area contributed by atoms with Gasteiger partial charge in [-0.1, -0.05) is 13.0 Å². The molecule has 1 rings (SSSR count). The fourth-order valence-corrected chi connectivity index (χ4v) is 3.62. The van der Waals surface area contributed by atoms with E-state index in [-0.39, 0.29) is 18.0 Å². The molecule has 0 aliphatic heterocycles. The third-order valence-electron chi connectivity index (χ3n) is 2.96. The number of nitrogens with one attached hydrogen (secondary N) is 1. The van der Waals surface area contributed by atoms with Crippen LogP contribution in [0.1, 0.15) is 33.3 Å². The number of benzene rings is 1. The molecular weight excluding hydrogens is 307 g/mol. The highest BCUT2D eigenvalue weighted by atomic mass is 32.2. The highest BCUT2D eigenvalue weighted by Gasteiger charge is 2.28. The maximum atomic E-state index is 13.4. The zero-order valence-electron chi connectivity index (χ0n) is 13.6. The number of halogens is 1. The maximum absolute atomic E-state index is 13.4. The SMILES string of the molecule is CCN(CC(=O)NC(C)(C)C)S(=O)(=O)c1cc(F)ccc1C. The van der Waals surface area contributed by atoms with E-state index < -0.39 is 27.3 Å². The smallest absolute Gasteiger partial charge is 0.243 e. The van der Waals surface area contributed by atoms with E-state index in [1.54, 1.807) is 13.8 Å². The van der Waals surface area contributed by atoms with Gasteiger partial charge in [0.25, 0.3) is 0 Å². The third-order valence-corrected chi connectivity index (χ3v) is 5.02. The van der Waals surface area contributed by atoms with E-state index in [9.17, 15) is 17.6 Å². The van der Waals surface area contributed by atoms with E-state index in [0.29, 0.717) is 5.56 Å². The number of nitrogens with zero attached hydrogens (tertiary/aromatic N) is 1. The van der Waals surface area contributed by atoms with E-state index in [1.807, 2.05) is 20.8 Å². The number of aryl methyl sites for hydroxylation is 1. The molecular formula is C15H23FN2O3S. The Kier molecular flexibility index (Phi) is 5.70. The van der Waals surface area contributed by atoms with Gasteiger partial charge in [0, 0.05) is 12.1 Å². The molecule has 22 heavy (non-hydrogen) atoms. The number of hydrogen-bond donors (Lipinski definition) is 1. The lowest BCUT2D eigenvalue weighted by Gasteiger charge is -2.25. The van der Waals surface area contributed by atoms with Crippen molar-refractivity contribution in [3.63, 3.8) is 0 Å². The molecule has 1 amide bonds. The fourth-order valence-electron chi connectivity index (χ4n) is 1.98. The molecule has 0 fully saturated rings. The molecule has 0 heterocycles. The third kappa shape index (κ3) is 4.78. The standard InChI is InChI=1S/C15H23FN2O3S/c1-6-18(10-14(19)17-15(3,4)5)22(20,21)13-9-12(16)8-7-11(13)2/h7-9H,6,10H2,1-5H3,(H,17,19). The van der Waals surface area contributed by atoms with Crippen molar-refractivity contribution in [1.29, 1.82) is 0 Å². The van der Waals surface area contributed by atoms with Crippen molar-refractivity contribution in [1.82, 2.24) is 9.62 Å². The Balaban J connectivity index is 3.07. The summed E-state index contributed by atoms with van der Waals surface area (Å²) < 4.78 is 39.6. The number of rotatable bonds is 5. The van der Waals surface area contributed by atoms with E-state index >= 15 is 0 Å². The summed E-state index contributed by atoms with van der Waals surface area (Å²) >= 11 is 0. The van der Waals surface area contributed by atoms with Gasteiger partial charge in [0.2, 0.25) is 15.9 Å². The predicted molar refractivity (Wildman–Crippen MR) is 83.5 cm³/mol. The normalized spacial score (nSPS) is 12.5. The van der Waals surface area contributed by atoms with Crippen LogP contribution in [0.5, 0.6) is 0 Å². The van der Waals surface area contributed by atoms with Crippen LogP contribution in [-0.4, -0.2) is 37.3 Å². The number of amides is 1. The Bertz CT molecular complexity index is 651. The zero-order chi connectivity index (χ0) is 17.1. The van der Waals surface area contributed by atoms with Crippen LogP contribution in [-0.2, 0) is 14.8 Å². The van der Waals surface area contributed by atoms with E-state index in [2.05, 4.69) is 5.32 Å². The number of likely N-dealkylation sites (N-methyl/N-ethyl adjacent to an activating group) is 1. The highest BCUT2D eigenvalue weighted by Crippen LogP contribution is 2.20. The molecule has 0 aliphatic rings. The average Bonchev–Trinajstić information content (AvgIpc) is 2.36. The second-order valence-corrected chi connectivity index (χ2v) is 8.05. The second kappa shape index (κ2) is 6.75. The predicted octanol–water partition coefficient (Wildman–Crippen LogP) is 2.06. The minimum atomic E-state index is -3.92. The van der Waals surface area contributed by atoms with Crippen LogP contribution in [0.25, 0.3) is 0 Å². The minimum absolute atomic E-state index is 0.113. The molecule has 0 atom stereocenters. The zero-order valence-corrected chi connectivity index (χ0v) is 14.4. The summed E-state index contributed by atoms with van der Waals surface area (Å²) in [5.41, 5.74) is -0.00856. The highest BCUT2D eigenvalue weighted by molar-refractivity contribution is 7.89. The lowest BCUT2D eigenvalue weighted by atomic mass is 10.1. The summed E-state index contributed by atoms with van der Waals surface area (Å²) in [6, 6.07) is 3.59. The van der Waals surface area contributed by atoms with Gasteiger partial charge in [0.05, 0.1) is 11.4 Å². The Morgan fingerprint density at radius 1 is 1.32 bits per heavy atom. The molecule has 0 radical (unpaired) electrons. The number of sulfonamides is 1. The van der Waals surface area contributed by atoms with Crippen molar-refractivity contribution in [2.75, 3.05) is 13.1 Å². The van der Waals surface area contributed by atoms with Crippen LogP contribution in [0.15, 0.2) is 23.1 Å². The van der Waals surface area contributed by atoms with Crippen molar-refractivity contribution < 1.29 is 17.6 Å². The van der Waals surface area contributed by atoms with E-state index in [0.717, 1.165) is 10.4 Å². The first-order chi connectivity index (χ1) is 9.97. The molecule has 0 saturated heterocycles. The van der Waals surface area contributed by atoms with E-state index in [4.69, 9.17) is 0 Å². The van der Waals surface area contributed by atoms with Gasteiger partial charge in [0.15, 0.2) is 0 Å². The minimum Gasteiger partial charge on any atom is -0.350 e. The quantitative estimate of drug-likeness (QED) is 0.898. The first kappa shape index (κ1) is 18.6. The molecule has 0 unspecified atom stereocenters. The van der Waals surface area contributed by atoms with Crippen molar-refractivity contribution in [2.24, 2.45) is 0 Å². The van der Waals surface area contributed by atoms with Gasteiger partial charge in [-0.25, -0.2) is 12.8 Å². The van der Waals surface area contributed by atoms with Gasteiger partial charge in [-0.3, -0.25) is 4.79 Å². The molecule has 124 valence electrons. The summed E-state index contributed by atoms with van der Waals surface area (Å²) in [5.74, 6) is -1.02. The Hall–Kier alpha value is -1.47. The number of carbonyl (C=O) groups is 1. The van der Waals surface area contributed by atoms with Crippen molar-refractivity contribution in [2.45, 2.75) is 45.1 Å². The summed E-state index contributed by atoms with van der Waals surface area (Å²) in [7, 11) is -3.92. The lowest BCUT2D eigenvalue weighted by molar-refractivity contribution is -0.122. The monoisotopic (exact) mass is 330 g/mol. The summed E-state index contributed by atoms with van der Waals surface area (Å²) in [6.45, 7) is 8.49. The van der Waals surface area contributed by atoms with Gasteiger partial charge in [-0.05, 0) is 45.4 Å². The van der Waals surface area contributed by atoms with Crippen LogP contribution in [0, 0.1) is 12.7 Å². The van der Waals surface area contributed by atoms with Gasteiger partial charge in [0.1, 0.15) is 5.82 Å². The molecule has 0 saturated carbocycles. The summed E-state index contributed by atoms with van der Waals surface area (Å²) in [4.78, 5) is 11.9. The van der Waals surface area contributed by atoms with Crippen molar-refractivity contribution in [3.8, 4) is 0 Å². The van der Waals surface area contributed by atoms with Gasteiger partial charge >= 0.3 is 0 Å². The van der Waals surface area contributed by atoms with Crippen LogP contribution in [0.4, 0.5) is 4.39 Å². The molecule has 0 spiro atoms. The van der Waals surface area contributed by atoms with Crippen molar-refractivity contribution in [3.05, 3.63) is 29.6 Å². The Morgan fingerprint density at radius 3 is 2.41 bits per heavy atom. The molecule has 1 N–H and O–H groups in total. The van der Waals surface area contributed by atoms with Gasteiger partial charge < -0.3 is 5.32 Å². The average molecular weight is 330 g/mol. The van der Waals surface area contributed by atoms with E-state index in [1.165, 1.54) is 12.1 Å². The maximum Gasteiger partial charge on any atom is 0.243 e. The fraction of sp³-hybridized carbons (Fsp3) is 0.533. The first-order valence-corrected chi connectivity index (χ1v) is 8.48. The molecule has 0 aliphatic carbocycles. The molecule has 7 heteroatoms. The van der Waals surface area contributed by atoms with Gasteiger partial charge in [-0.15, -0.1) is 0 Å².